The Bertz CT molecular complexity index is 1380. The van der Waals surface area contributed by atoms with Crippen LogP contribution < -0.4 is 21.7 Å². The van der Waals surface area contributed by atoms with E-state index in [2.05, 4.69) is 5.32 Å². The molecule has 3 aliphatic carbocycles. The van der Waals surface area contributed by atoms with E-state index in [0.29, 0.717) is 24.3 Å². The van der Waals surface area contributed by atoms with Gasteiger partial charge in [-0.25, -0.2) is 0 Å². The average Bonchev–Trinajstić information content (AvgIpc) is 2.88. The molecule has 13 nitrogen and oxygen atoms in total. The second-order valence-corrected chi connectivity index (χ2v) is 10.5. The Balaban J connectivity index is 2.01. The van der Waals surface area contributed by atoms with Gasteiger partial charge in [0.2, 0.25) is 11.7 Å². The van der Waals surface area contributed by atoms with Gasteiger partial charge in [0, 0.05) is 30.3 Å². The fraction of sp³-hybridized carbons (Fsp3) is 0.481. The van der Waals surface area contributed by atoms with Gasteiger partial charge in [-0.3, -0.25) is 24.1 Å². The van der Waals surface area contributed by atoms with Gasteiger partial charge in [0.25, 0.3) is 5.91 Å². The number of anilines is 2. The molecule has 1 aromatic rings. The number of carbonyl (C=O) groups is 4. The number of carbonyl (C=O) groups excluding carboxylic acids is 4. The van der Waals surface area contributed by atoms with Crippen LogP contribution in [0.25, 0.3) is 5.76 Å². The van der Waals surface area contributed by atoms with E-state index in [0.717, 1.165) is 0 Å². The first kappa shape index (κ1) is 29.1. The molecule has 1 aromatic carbocycles. The Morgan fingerprint density at radius 2 is 1.77 bits per heavy atom. The fourth-order valence-corrected chi connectivity index (χ4v) is 6.43. The van der Waals surface area contributed by atoms with Gasteiger partial charge in [0.1, 0.15) is 22.8 Å². The summed E-state index contributed by atoms with van der Waals surface area (Å²) in [5, 5.41) is 47.9. The number of phenols is 1. The van der Waals surface area contributed by atoms with Crippen LogP contribution in [-0.2, 0) is 25.6 Å². The van der Waals surface area contributed by atoms with E-state index in [1.54, 1.807) is 20.2 Å². The molecule has 216 valence electrons. The molecule has 3 unspecified atom stereocenters. The number of fused-ring (bicyclic) bond motifs is 3. The third-order valence-corrected chi connectivity index (χ3v) is 8.26. The summed E-state index contributed by atoms with van der Waals surface area (Å²) >= 11 is 0. The van der Waals surface area contributed by atoms with E-state index in [1.807, 2.05) is 18.7 Å². The molecule has 0 bridgehead atoms. The second kappa shape index (κ2) is 10.2. The predicted octanol–water partition coefficient (Wildman–Crippen LogP) is -0.293. The number of primary amides is 1. The van der Waals surface area contributed by atoms with Gasteiger partial charge in [0.05, 0.1) is 23.8 Å². The third kappa shape index (κ3) is 4.03. The molecule has 0 saturated heterocycles. The van der Waals surface area contributed by atoms with Crippen molar-refractivity contribution < 1.29 is 39.6 Å². The van der Waals surface area contributed by atoms with Crippen LogP contribution in [0.5, 0.6) is 5.75 Å². The largest absolute Gasteiger partial charge is 0.508 e. The zero-order valence-electron chi connectivity index (χ0n) is 22.8. The van der Waals surface area contributed by atoms with Crippen molar-refractivity contribution in [3.63, 3.8) is 0 Å². The van der Waals surface area contributed by atoms with Crippen LogP contribution in [0, 0.1) is 11.8 Å². The maximum Gasteiger partial charge on any atom is 0.255 e. The van der Waals surface area contributed by atoms with Gasteiger partial charge < -0.3 is 42.1 Å². The van der Waals surface area contributed by atoms with Crippen LogP contribution >= 0.6 is 0 Å². The Hall–Kier alpha value is -3.94. The van der Waals surface area contributed by atoms with E-state index >= 15 is 0 Å². The number of benzene rings is 1. The molecule has 0 aliphatic heterocycles. The number of rotatable bonds is 7. The third-order valence-electron chi connectivity index (χ3n) is 8.26. The number of aromatic hydroxyl groups is 1. The number of aliphatic hydroxyl groups excluding tert-OH is 2. The summed E-state index contributed by atoms with van der Waals surface area (Å²) in [6.45, 7) is 4.56. The fourth-order valence-electron chi connectivity index (χ4n) is 6.43. The summed E-state index contributed by atoms with van der Waals surface area (Å²) in [7, 11) is 3.09. The first-order valence-corrected chi connectivity index (χ1v) is 13.0. The highest BCUT2D eigenvalue weighted by Gasteiger charge is 2.64. The minimum atomic E-state index is -2.73. The summed E-state index contributed by atoms with van der Waals surface area (Å²) in [5.41, 5.74) is 7.90. The quantitative estimate of drug-likeness (QED) is 0.170. The van der Waals surface area contributed by atoms with Crippen LogP contribution in [0.2, 0.25) is 0 Å². The zero-order chi connectivity index (χ0) is 29.8. The van der Waals surface area contributed by atoms with Crippen LogP contribution in [0.15, 0.2) is 23.0 Å². The normalized spacial score (nSPS) is 25.9. The molecule has 40 heavy (non-hydrogen) atoms. The second-order valence-electron chi connectivity index (χ2n) is 10.5. The summed E-state index contributed by atoms with van der Waals surface area (Å²) in [6.07, 6.45) is 0.120. The lowest BCUT2D eigenvalue weighted by atomic mass is 9.57. The molecule has 1 saturated carbocycles. The van der Waals surface area contributed by atoms with Gasteiger partial charge >= 0.3 is 0 Å². The van der Waals surface area contributed by atoms with Gasteiger partial charge in [-0.15, -0.1) is 0 Å². The number of nitrogens with two attached hydrogens (primary N) is 2. The maximum atomic E-state index is 14.0. The standard InChI is InChI=1S/C27H35N5O8/c1-5-32(6-2)15-9-14(30-16(33)10-28)21(34)18-12(15)7-11-8-13-20(31(3)4)23(36)19(26(29)39)25(38)27(13,40)24(37)17(11)22(18)35/h9,11,13,20,34-35,38,40H,5-8,10,28H2,1-4H3,(H2,29,39)(H,30,33)/t11?,13?,20-,27?/m0/s1. The summed E-state index contributed by atoms with van der Waals surface area (Å²) in [4.78, 5) is 54.9. The molecule has 9 N–H and O–H groups in total. The monoisotopic (exact) mass is 557 g/mol. The van der Waals surface area contributed by atoms with Crippen LogP contribution in [-0.4, -0.2) is 94.1 Å². The molecule has 0 aromatic heterocycles. The molecule has 2 amide bonds. The van der Waals surface area contributed by atoms with Crippen molar-refractivity contribution >= 4 is 40.5 Å². The average molecular weight is 558 g/mol. The lowest BCUT2D eigenvalue weighted by molar-refractivity contribution is -0.153. The number of aliphatic hydroxyl groups is 3. The van der Waals surface area contributed by atoms with Crippen molar-refractivity contribution in [2.75, 3.05) is 43.9 Å². The maximum absolute atomic E-state index is 14.0. The number of nitrogens with one attached hydrogen (secondary N) is 1. The number of phenolic OH excluding ortho intramolecular Hbond substituents is 1. The van der Waals surface area contributed by atoms with Crippen molar-refractivity contribution in [2.24, 2.45) is 23.3 Å². The Kier molecular flexibility index (Phi) is 7.43. The van der Waals surface area contributed by atoms with Gasteiger partial charge in [-0.05, 0) is 58.3 Å². The van der Waals surface area contributed by atoms with E-state index in [4.69, 9.17) is 11.5 Å². The molecule has 3 aliphatic rings. The van der Waals surface area contributed by atoms with Crippen molar-refractivity contribution in [3.8, 4) is 5.75 Å². The van der Waals surface area contributed by atoms with Crippen molar-refractivity contribution in [1.82, 2.24) is 4.90 Å². The lowest BCUT2D eigenvalue weighted by Crippen LogP contribution is -2.65. The molecule has 4 atom stereocenters. The highest BCUT2D eigenvalue weighted by atomic mass is 16.3. The molecule has 0 heterocycles. The van der Waals surface area contributed by atoms with Gasteiger partial charge in [0.15, 0.2) is 11.4 Å². The summed E-state index contributed by atoms with van der Waals surface area (Å²) in [6, 6.07) is 0.413. The Labute approximate surface area is 230 Å². The van der Waals surface area contributed by atoms with Crippen LogP contribution in [0.3, 0.4) is 0 Å². The highest BCUT2D eigenvalue weighted by molar-refractivity contribution is 6.24. The SMILES string of the molecule is CCN(CC)c1cc(NC(=O)CN)c(O)c2c1CC1CC3[C@H](N(C)C)C(=O)C(C(N)=O)=C(O)C3(O)C(=O)C1=C2O. The van der Waals surface area contributed by atoms with Gasteiger partial charge in [-0.1, -0.05) is 0 Å². The predicted molar refractivity (Wildman–Crippen MR) is 145 cm³/mol. The molecular weight excluding hydrogens is 522 g/mol. The van der Waals surface area contributed by atoms with Crippen LogP contribution in [0.4, 0.5) is 11.4 Å². The Morgan fingerprint density at radius 3 is 2.30 bits per heavy atom. The van der Waals surface area contributed by atoms with Gasteiger partial charge in [-0.2, -0.15) is 0 Å². The molecule has 13 heteroatoms. The van der Waals surface area contributed by atoms with Crippen molar-refractivity contribution in [2.45, 2.75) is 38.3 Å². The number of likely N-dealkylation sites (N-methyl/N-ethyl adjacent to an activating group) is 1. The minimum Gasteiger partial charge on any atom is -0.508 e. The molecule has 1 fully saturated rings. The number of ketones is 2. The van der Waals surface area contributed by atoms with E-state index < -0.39 is 69.7 Å². The first-order chi connectivity index (χ1) is 18.8. The number of Topliss-reactive ketones (excluding diaryl/α,β-unsaturated/α-hetero) is 2. The molecule has 0 spiro atoms. The topological polar surface area (TPSA) is 220 Å². The van der Waals surface area contributed by atoms with Crippen molar-refractivity contribution in [3.05, 3.63) is 34.1 Å². The first-order valence-electron chi connectivity index (χ1n) is 13.0. The minimum absolute atomic E-state index is 0.0180. The summed E-state index contributed by atoms with van der Waals surface area (Å²) < 4.78 is 0. The number of amides is 2. The number of hydrogen-bond acceptors (Lipinski definition) is 11. The number of nitrogens with zero attached hydrogens (tertiary/aromatic N) is 2. The van der Waals surface area contributed by atoms with E-state index in [1.165, 1.54) is 4.90 Å². The van der Waals surface area contributed by atoms with E-state index in [9.17, 15) is 39.6 Å². The van der Waals surface area contributed by atoms with Crippen molar-refractivity contribution in [1.29, 1.82) is 0 Å². The zero-order valence-corrected chi connectivity index (χ0v) is 22.8. The highest BCUT2D eigenvalue weighted by Crippen LogP contribution is 2.54. The smallest absolute Gasteiger partial charge is 0.255 e. The number of hydrogen-bond donors (Lipinski definition) is 7. The molecule has 4 rings (SSSR count). The van der Waals surface area contributed by atoms with E-state index in [-0.39, 0.29) is 36.2 Å². The summed E-state index contributed by atoms with van der Waals surface area (Å²) in [5.74, 6) is -7.97. The lowest BCUT2D eigenvalue weighted by Gasteiger charge is -2.50. The Morgan fingerprint density at radius 1 is 1.15 bits per heavy atom. The molecule has 0 radical (unpaired) electrons. The van der Waals surface area contributed by atoms with Crippen LogP contribution in [0.1, 0.15) is 31.4 Å². The molecular formula is C27H35N5O8.